The molecule has 0 aromatic heterocycles. The fourth-order valence-electron chi connectivity index (χ4n) is 3.40. The molecule has 0 bridgehead atoms. The standard InChI is InChI=1S/C21H25N3O4S/c1-2-27-15-7-5-14(6-8-15)17-10-19(25)24-21(18(17)11-22)29-13-20(26)23-12-16-4-3-9-28-16/h5-8,16-17H,2-4,9-10,12-13H2,1H3,(H,23,26)(H,24,25)/t16-,17+/m1/s1. The number of hydrogen-bond donors (Lipinski definition) is 2. The van der Waals surface area contributed by atoms with Crippen LogP contribution >= 0.6 is 11.8 Å². The molecule has 1 aromatic rings. The Morgan fingerprint density at radius 3 is 2.86 bits per heavy atom. The predicted octanol–water partition coefficient (Wildman–Crippen LogP) is 2.45. The molecular weight excluding hydrogens is 390 g/mol. The summed E-state index contributed by atoms with van der Waals surface area (Å²) in [5, 5.41) is 15.8. The minimum absolute atomic E-state index is 0.0799. The van der Waals surface area contributed by atoms with Crippen molar-refractivity contribution >= 4 is 23.6 Å². The summed E-state index contributed by atoms with van der Waals surface area (Å²) in [4.78, 5) is 24.4. The van der Waals surface area contributed by atoms with Gasteiger partial charge in [-0.3, -0.25) is 9.59 Å². The van der Waals surface area contributed by atoms with Gasteiger partial charge in [-0.1, -0.05) is 23.9 Å². The molecule has 0 unspecified atom stereocenters. The maximum Gasteiger partial charge on any atom is 0.230 e. The smallest absolute Gasteiger partial charge is 0.230 e. The lowest BCUT2D eigenvalue weighted by atomic mass is 9.87. The van der Waals surface area contributed by atoms with Gasteiger partial charge in [-0.25, -0.2) is 0 Å². The molecule has 2 atom stereocenters. The van der Waals surface area contributed by atoms with Crippen LogP contribution in [0.5, 0.6) is 5.75 Å². The van der Waals surface area contributed by atoms with Crippen molar-refractivity contribution in [3.05, 3.63) is 40.4 Å². The van der Waals surface area contributed by atoms with E-state index in [2.05, 4.69) is 16.7 Å². The van der Waals surface area contributed by atoms with Gasteiger partial charge in [0.15, 0.2) is 0 Å². The van der Waals surface area contributed by atoms with Crippen LogP contribution in [0.1, 0.15) is 37.7 Å². The molecule has 3 rings (SSSR count). The van der Waals surface area contributed by atoms with Gasteiger partial charge in [-0.15, -0.1) is 0 Å². The summed E-state index contributed by atoms with van der Waals surface area (Å²) in [5.41, 5.74) is 1.35. The zero-order chi connectivity index (χ0) is 20.6. The quantitative estimate of drug-likeness (QED) is 0.676. The minimum Gasteiger partial charge on any atom is -0.494 e. The Balaban J connectivity index is 1.65. The number of nitrogens with one attached hydrogen (secondary N) is 2. The number of rotatable bonds is 8. The van der Waals surface area contributed by atoms with E-state index in [1.165, 1.54) is 11.8 Å². The van der Waals surface area contributed by atoms with Crippen LogP contribution in [0.25, 0.3) is 0 Å². The second-order valence-corrected chi connectivity index (χ2v) is 7.87. The first kappa shape index (κ1) is 21.2. The van der Waals surface area contributed by atoms with Crippen molar-refractivity contribution < 1.29 is 19.1 Å². The molecule has 1 aromatic carbocycles. The predicted molar refractivity (Wildman–Crippen MR) is 110 cm³/mol. The van der Waals surface area contributed by atoms with Crippen molar-refractivity contribution in [3.8, 4) is 11.8 Å². The Kier molecular flexibility index (Phi) is 7.55. The molecule has 0 spiro atoms. The van der Waals surface area contributed by atoms with Gasteiger partial charge in [-0.2, -0.15) is 5.26 Å². The molecule has 7 nitrogen and oxygen atoms in total. The monoisotopic (exact) mass is 415 g/mol. The van der Waals surface area contributed by atoms with E-state index < -0.39 is 0 Å². The van der Waals surface area contributed by atoms with E-state index in [-0.39, 0.29) is 36.0 Å². The number of ether oxygens (including phenoxy) is 2. The normalized spacial score (nSPS) is 21.4. The summed E-state index contributed by atoms with van der Waals surface area (Å²) >= 11 is 1.18. The molecule has 0 saturated carbocycles. The van der Waals surface area contributed by atoms with Gasteiger partial charge in [0.1, 0.15) is 5.75 Å². The molecule has 2 amide bonds. The maximum atomic E-state index is 12.2. The van der Waals surface area contributed by atoms with Crippen LogP contribution in [0.15, 0.2) is 34.9 Å². The van der Waals surface area contributed by atoms with E-state index >= 15 is 0 Å². The van der Waals surface area contributed by atoms with Crippen molar-refractivity contribution in [2.45, 2.75) is 38.2 Å². The molecular formula is C21H25N3O4S. The van der Waals surface area contributed by atoms with E-state index in [9.17, 15) is 14.9 Å². The molecule has 2 aliphatic rings. The Bertz CT molecular complexity index is 810. The Labute approximate surface area is 174 Å². The average Bonchev–Trinajstić information content (AvgIpc) is 3.25. The number of hydrogen-bond acceptors (Lipinski definition) is 6. The first-order chi connectivity index (χ1) is 14.1. The summed E-state index contributed by atoms with van der Waals surface area (Å²) in [6.45, 7) is 3.72. The minimum atomic E-state index is -0.332. The lowest BCUT2D eigenvalue weighted by Crippen LogP contribution is -2.34. The summed E-state index contributed by atoms with van der Waals surface area (Å²) < 4.78 is 10.9. The van der Waals surface area contributed by atoms with E-state index in [0.29, 0.717) is 23.8 Å². The highest BCUT2D eigenvalue weighted by atomic mass is 32.2. The van der Waals surface area contributed by atoms with E-state index in [1.54, 1.807) is 0 Å². The highest BCUT2D eigenvalue weighted by molar-refractivity contribution is 8.03. The number of amides is 2. The fraction of sp³-hybridized carbons (Fsp3) is 0.476. The first-order valence-corrected chi connectivity index (χ1v) is 10.8. The average molecular weight is 416 g/mol. The second-order valence-electron chi connectivity index (χ2n) is 6.89. The SMILES string of the molecule is CCOc1ccc([C@@H]2CC(=O)NC(SCC(=O)NC[C@H]3CCCO3)=C2C#N)cc1. The van der Waals surface area contributed by atoms with Gasteiger partial charge in [-0.05, 0) is 37.5 Å². The van der Waals surface area contributed by atoms with Gasteiger partial charge >= 0.3 is 0 Å². The number of thioether (sulfide) groups is 1. The number of carbonyl (C=O) groups is 2. The van der Waals surface area contributed by atoms with Gasteiger partial charge < -0.3 is 20.1 Å². The van der Waals surface area contributed by atoms with Crippen molar-refractivity contribution in [1.29, 1.82) is 5.26 Å². The molecule has 1 fully saturated rings. The molecule has 2 N–H and O–H groups in total. The lowest BCUT2D eigenvalue weighted by Gasteiger charge is -2.25. The third-order valence-electron chi connectivity index (χ3n) is 4.85. The van der Waals surface area contributed by atoms with Crippen LogP contribution in [0.3, 0.4) is 0 Å². The Morgan fingerprint density at radius 2 is 2.21 bits per heavy atom. The largest absolute Gasteiger partial charge is 0.494 e. The highest BCUT2D eigenvalue weighted by Crippen LogP contribution is 2.36. The fourth-order valence-corrected chi connectivity index (χ4v) is 4.31. The van der Waals surface area contributed by atoms with Crippen molar-refractivity contribution in [3.63, 3.8) is 0 Å². The number of carbonyl (C=O) groups excluding carboxylic acids is 2. The summed E-state index contributed by atoms with van der Waals surface area (Å²) in [6, 6.07) is 9.66. The number of nitrogens with zero attached hydrogens (tertiary/aromatic N) is 1. The number of allylic oxidation sites excluding steroid dienone is 1. The van der Waals surface area contributed by atoms with Crippen molar-refractivity contribution in [2.24, 2.45) is 0 Å². The van der Waals surface area contributed by atoms with Crippen LogP contribution < -0.4 is 15.4 Å². The summed E-state index contributed by atoms with van der Waals surface area (Å²) in [6.07, 6.45) is 2.26. The molecule has 8 heteroatoms. The molecule has 29 heavy (non-hydrogen) atoms. The van der Waals surface area contributed by atoms with Crippen LogP contribution in [-0.2, 0) is 14.3 Å². The van der Waals surface area contributed by atoms with Gasteiger partial charge in [0.25, 0.3) is 0 Å². The van der Waals surface area contributed by atoms with Crippen LogP contribution in [0.4, 0.5) is 0 Å². The Morgan fingerprint density at radius 1 is 1.41 bits per heavy atom. The topological polar surface area (TPSA) is 100 Å². The molecule has 2 aliphatic heterocycles. The molecule has 0 radical (unpaired) electrons. The highest BCUT2D eigenvalue weighted by Gasteiger charge is 2.30. The molecule has 2 heterocycles. The third kappa shape index (κ3) is 5.75. The zero-order valence-electron chi connectivity index (χ0n) is 16.4. The third-order valence-corrected chi connectivity index (χ3v) is 5.87. The van der Waals surface area contributed by atoms with Gasteiger partial charge in [0.05, 0.1) is 35.1 Å². The number of nitriles is 1. The first-order valence-electron chi connectivity index (χ1n) is 9.78. The van der Waals surface area contributed by atoms with Crippen LogP contribution in [0, 0.1) is 11.3 Å². The lowest BCUT2D eigenvalue weighted by molar-refractivity contribution is -0.121. The van der Waals surface area contributed by atoms with E-state index in [1.807, 2.05) is 31.2 Å². The van der Waals surface area contributed by atoms with E-state index in [4.69, 9.17) is 9.47 Å². The van der Waals surface area contributed by atoms with Gasteiger partial charge in [0, 0.05) is 25.5 Å². The van der Waals surface area contributed by atoms with Crippen molar-refractivity contribution in [1.82, 2.24) is 10.6 Å². The van der Waals surface area contributed by atoms with Crippen LogP contribution in [-0.4, -0.2) is 43.4 Å². The second kappa shape index (κ2) is 10.3. The van der Waals surface area contributed by atoms with Gasteiger partial charge in [0.2, 0.25) is 11.8 Å². The molecule has 1 saturated heterocycles. The molecule has 0 aliphatic carbocycles. The van der Waals surface area contributed by atoms with E-state index in [0.717, 1.165) is 30.8 Å². The summed E-state index contributed by atoms with van der Waals surface area (Å²) in [7, 11) is 0. The Hall–Kier alpha value is -2.50. The maximum absolute atomic E-state index is 12.2. The zero-order valence-corrected chi connectivity index (χ0v) is 17.2. The van der Waals surface area contributed by atoms with Crippen molar-refractivity contribution in [2.75, 3.05) is 25.5 Å². The number of benzene rings is 1. The summed E-state index contributed by atoms with van der Waals surface area (Å²) in [5.74, 6) is 0.236. The molecule has 154 valence electrons. The van der Waals surface area contributed by atoms with Crippen LogP contribution in [0.2, 0.25) is 0 Å².